The number of ether oxygens (including phenoxy) is 1. The van der Waals surface area contributed by atoms with Crippen LogP contribution in [-0.4, -0.2) is 36.9 Å². The molecular formula is C14H27NO3. The zero-order chi connectivity index (χ0) is 13.6. The molecule has 0 radical (unpaired) electrons. The van der Waals surface area contributed by atoms with Crippen LogP contribution in [0.5, 0.6) is 0 Å². The minimum Gasteiger partial charge on any atom is -0.396 e. The lowest BCUT2D eigenvalue weighted by atomic mass is 9.79. The zero-order valence-electron chi connectivity index (χ0n) is 11.9. The Labute approximate surface area is 110 Å². The van der Waals surface area contributed by atoms with Gasteiger partial charge in [0.05, 0.1) is 6.10 Å². The SMILES string of the molecule is CCOC1CC(CC(=O)NCC(C)(C)CCO)C1. The van der Waals surface area contributed by atoms with E-state index >= 15 is 0 Å². The van der Waals surface area contributed by atoms with Gasteiger partial charge < -0.3 is 15.2 Å². The maximum Gasteiger partial charge on any atom is 0.220 e. The van der Waals surface area contributed by atoms with Gasteiger partial charge in [-0.15, -0.1) is 0 Å². The summed E-state index contributed by atoms with van der Waals surface area (Å²) in [6.07, 6.45) is 3.73. The van der Waals surface area contributed by atoms with Gasteiger partial charge in [-0.1, -0.05) is 13.8 Å². The average Bonchev–Trinajstić information content (AvgIpc) is 2.24. The van der Waals surface area contributed by atoms with Crippen LogP contribution in [0.15, 0.2) is 0 Å². The first kappa shape index (κ1) is 15.4. The van der Waals surface area contributed by atoms with Crippen LogP contribution < -0.4 is 5.32 Å². The van der Waals surface area contributed by atoms with Crippen molar-refractivity contribution >= 4 is 5.91 Å². The van der Waals surface area contributed by atoms with Gasteiger partial charge in [0.15, 0.2) is 0 Å². The van der Waals surface area contributed by atoms with Crippen LogP contribution in [0.1, 0.15) is 46.5 Å². The number of amides is 1. The van der Waals surface area contributed by atoms with Gasteiger partial charge in [0.1, 0.15) is 0 Å². The third kappa shape index (κ3) is 5.36. The van der Waals surface area contributed by atoms with Gasteiger partial charge in [-0.2, -0.15) is 0 Å². The highest BCUT2D eigenvalue weighted by atomic mass is 16.5. The fourth-order valence-electron chi connectivity index (χ4n) is 2.28. The molecule has 0 bridgehead atoms. The van der Waals surface area contributed by atoms with Gasteiger partial charge in [-0.05, 0) is 37.5 Å². The quantitative estimate of drug-likeness (QED) is 0.696. The Balaban J connectivity index is 2.12. The molecule has 0 spiro atoms. The molecule has 0 aliphatic heterocycles. The average molecular weight is 257 g/mol. The van der Waals surface area contributed by atoms with E-state index in [4.69, 9.17) is 9.84 Å². The molecule has 1 aliphatic rings. The molecule has 106 valence electrons. The van der Waals surface area contributed by atoms with E-state index in [9.17, 15) is 4.79 Å². The third-order valence-corrected chi connectivity index (χ3v) is 3.62. The van der Waals surface area contributed by atoms with Crippen LogP contribution in [0.3, 0.4) is 0 Å². The summed E-state index contributed by atoms with van der Waals surface area (Å²) in [6, 6.07) is 0. The first-order valence-electron chi connectivity index (χ1n) is 6.96. The molecule has 0 aromatic rings. The molecule has 18 heavy (non-hydrogen) atoms. The number of carbonyl (C=O) groups excluding carboxylic acids is 1. The van der Waals surface area contributed by atoms with E-state index in [-0.39, 0.29) is 17.9 Å². The molecule has 0 saturated heterocycles. The molecule has 1 saturated carbocycles. The summed E-state index contributed by atoms with van der Waals surface area (Å²) < 4.78 is 5.48. The van der Waals surface area contributed by atoms with Crippen LogP contribution in [0.2, 0.25) is 0 Å². The van der Waals surface area contributed by atoms with E-state index in [0.29, 0.717) is 31.4 Å². The van der Waals surface area contributed by atoms with E-state index in [2.05, 4.69) is 19.2 Å². The highest BCUT2D eigenvalue weighted by molar-refractivity contribution is 5.76. The molecule has 0 atom stereocenters. The summed E-state index contributed by atoms with van der Waals surface area (Å²) in [5.41, 5.74) is -0.0299. The first-order chi connectivity index (χ1) is 8.46. The Bertz CT molecular complexity index is 260. The molecule has 1 aliphatic carbocycles. The molecule has 2 N–H and O–H groups in total. The van der Waals surface area contributed by atoms with Gasteiger partial charge in [-0.25, -0.2) is 0 Å². The second kappa shape index (κ2) is 7.10. The van der Waals surface area contributed by atoms with Crippen molar-refractivity contribution in [1.82, 2.24) is 5.32 Å². The van der Waals surface area contributed by atoms with Crippen molar-refractivity contribution in [3.63, 3.8) is 0 Å². The maximum atomic E-state index is 11.7. The highest BCUT2D eigenvalue weighted by Crippen LogP contribution is 2.32. The molecule has 4 nitrogen and oxygen atoms in total. The van der Waals surface area contributed by atoms with Gasteiger partial charge in [-0.3, -0.25) is 4.79 Å². The van der Waals surface area contributed by atoms with E-state index in [0.717, 1.165) is 19.4 Å². The predicted molar refractivity (Wildman–Crippen MR) is 71.2 cm³/mol. The standard InChI is InChI=1S/C14H27NO3/c1-4-18-12-7-11(8-12)9-13(17)15-10-14(2,3)5-6-16/h11-12,16H,4-10H2,1-3H3,(H,15,17). The topological polar surface area (TPSA) is 58.6 Å². The molecule has 4 heteroatoms. The number of aliphatic hydroxyl groups excluding tert-OH is 1. The normalized spacial score (nSPS) is 23.6. The Morgan fingerprint density at radius 2 is 2.11 bits per heavy atom. The lowest BCUT2D eigenvalue weighted by Gasteiger charge is -2.34. The summed E-state index contributed by atoms with van der Waals surface area (Å²) >= 11 is 0. The molecule has 1 fully saturated rings. The highest BCUT2D eigenvalue weighted by Gasteiger charge is 2.31. The molecule has 1 amide bonds. The molecule has 1 rings (SSSR count). The second-order valence-electron chi connectivity index (χ2n) is 6.03. The van der Waals surface area contributed by atoms with Crippen LogP contribution in [0.25, 0.3) is 0 Å². The van der Waals surface area contributed by atoms with E-state index in [1.807, 2.05) is 6.92 Å². The Kier molecular flexibility index (Phi) is 6.09. The Morgan fingerprint density at radius 3 is 2.67 bits per heavy atom. The van der Waals surface area contributed by atoms with Crippen LogP contribution in [0, 0.1) is 11.3 Å². The lowest BCUT2D eigenvalue weighted by Crippen LogP contribution is -2.38. The van der Waals surface area contributed by atoms with Gasteiger partial charge in [0.2, 0.25) is 5.91 Å². The van der Waals surface area contributed by atoms with Gasteiger partial charge in [0, 0.05) is 26.2 Å². The molecule has 0 aromatic carbocycles. The number of carbonyl (C=O) groups is 1. The fourth-order valence-corrected chi connectivity index (χ4v) is 2.28. The van der Waals surface area contributed by atoms with E-state index in [1.54, 1.807) is 0 Å². The number of hydrogen-bond acceptors (Lipinski definition) is 3. The smallest absolute Gasteiger partial charge is 0.220 e. The lowest BCUT2D eigenvalue weighted by molar-refractivity contribution is -0.124. The second-order valence-corrected chi connectivity index (χ2v) is 6.03. The Morgan fingerprint density at radius 1 is 1.44 bits per heavy atom. The van der Waals surface area contributed by atoms with Gasteiger partial charge in [0.25, 0.3) is 0 Å². The predicted octanol–water partition coefficient (Wildman–Crippen LogP) is 1.72. The van der Waals surface area contributed by atoms with Crippen molar-refractivity contribution < 1.29 is 14.6 Å². The summed E-state index contributed by atoms with van der Waals surface area (Å²) in [7, 11) is 0. The summed E-state index contributed by atoms with van der Waals surface area (Å²) in [6.45, 7) is 7.67. The minimum atomic E-state index is -0.0299. The minimum absolute atomic E-state index is 0.0299. The number of hydrogen-bond donors (Lipinski definition) is 2. The van der Waals surface area contributed by atoms with Crippen molar-refractivity contribution in [2.24, 2.45) is 11.3 Å². The van der Waals surface area contributed by atoms with Crippen LogP contribution >= 0.6 is 0 Å². The summed E-state index contributed by atoms with van der Waals surface area (Å²) in [5.74, 6) is 0.614. The zero-order valence-corrected chi connectivity index (χ0v) is 11.9. The third-order valence-electron chi connectivity index (χ3n) is 3.62. The largest absolute Gasteiger partial charge is 0.396 e. The summed E-state index contributed by atoms with van der Waals surface area (Å²) in [5, 5.41) is 11.9. The number of nitrogens with one attached hydrogen (secondary N) is 1. The number of aliphatic hydroxyl groups is 1. The van der Waals surface area contributed by atoms with E-state index < -0.39 is 0 Å². The maximum absolute atomic E-state index is 11.7. The van der Waals surface area contributed by atoms with Crippen molar-refractivity contribution in [3.05, 3.63) is 0 Å². The monoisotopic (exact) mass is 257 g/mol. The van der Waals surface area contributed by atoms with E-state index in [1.165, 1.54) is 0 Å². The molecular weight excluding hydrogens is 230 g/mol. The fraction of sp³-hybridized carbons (Fsp3) is 0.929. The number of rotatable bonds is 8. The molecule has 0 unspecified atom stereocenters. The van der Waals surface area contributed by atoms with Gasteiger partial charge >= 0.3 is 0 Å². The first-order valence-corrected chi connectivity index (χ1v) is 6.96. The van der Waals surface area contributed by atoms with Crippen molar-refractivity contribution in [3.8, 4) is 0 Å². The van der Waals surface area contributed by atoms with Crippen LogP contribution in [0.4, 0.5) is 0 Å². The van der Waals surface area contributed by atoms with Crippen LogP contribution in [-0.2, 0) is 9.53 Å². The van der Waals surface area contributed by atoms with Crippen molar-refractivity contribution in [2.75, 3.05) is 19.8 Å². The molecule has 0 heterocycles. The summed E-state index contributed by atoms with van der Waals surface area (Å²) in [4.78, 5) is 11.7. The van der Waals surface area contributed by atoms with Crippen molar-refractivity contribution in [1.29, 1.82) is 0 Å². The van der Waals surface area contributed by atoms with Crippen molar-refractivity contribution in [2.45, 2.75) is 52.6 Å². The Hall–Kier alpha value is -0.610. The molecule has 0 aromatic heterocycles.